The van der Waals surface area contributed by atoms with E-state index >= 15 is 0 Å². The van der Waals surface area contributed by atoms with Crippen LogP contribution >= 0.6 is 23.2 Å². The number of rotatable bonds is 4. The quantitative estimate of drug-likeness (QED) is 0.198. The Labute approximate surface area is 320 Å². The van der Waals surface area contributed by atoms with Gasteiger partial charge >= 0.3 is 0 Å². The van der Waals surface area contributed by atoms with Gasteiger partial charge in [0.2, 0.25) is 0 Å². The van der Waals surface area contributed by atoms with Gasteiger partial charge in [0.1, 0.15) is 11.6 Å². The number of nitrogens with one attached hydrogen (secondary N) is 1. The molecule has 9 rings (SSSR count). The van der Waals surface area contributed by atoms with Gasteiger partial charge in [0.05, 0.1) is 33.7 Å². The van der Waals surface area contributed by atoms with E-state index in [-0.39, 0.29) is 69.5 Å². The summed E-state index contributed by atoms with van der Waals surface area (Å²) in [5.74, 6) is -0.308. The van der Waals surface area contributed by atoms with E-state index in [1.807, 2.05) is 18.2 Å². The van der Waals surface area contributed by atoms with Crippen molar-refractivity contribution in [3.63, 3.8) is 0 Å². The normalized spacial score (nSPS) is 24.9. The lowest BCUT2D eigenvalue weighted by Gasteiger charge is -2.36. The summed E-state index contributed by atoms with van der Waals surface area (Å²) >= 11 is 12.5. The first-order valence-electron chi connectivity index (χ1n) is 17.7. The lowest BCUT2D eigenvalue weighted by atomic mass is 9.70. The minimum atomic E-state index is -0.409. The van der Waals surface area contributed by atoms with Gasteiger partial charge in [0.25, 0.3) is 11.1 Å². The van der Waals surface area contributed by atoms with Crippen molar-refractivity contribution < 1.29 is 8.78 Å². The Hall–Kier alpha value is -3.88. The predicted molar refractivity (Wildman–Crippen MR) is 212 cm³/mol. The molecule has 0 saturated heterocycles. The summed E-state index contributed by atoms with van der Waals surface area (Å²) in [5.41, 5.74) is 6.03. The van der Waals surface area contributed by atoms with Crippen LogP contribution in [0.25, 0.3) is 11.4 Å². The number of hydrogen-bond acceptors (Lipinski definition) is 2. The van der Waals surface area contributed by atoms with Crippen LogP contribution in [0.4, 0.5) is 8.78 Å². The number of fused-ring (bicyclic) bond motifs is 10. The van der Waals surface area contributed by atoms with Crippen LogP contribution in [-0.2, 0) is 17.4 Å². The maximum absolute atomic E-state index is 13.7. The zero-order valence-electron chi connectivity index (χ0n) is 29.7. The van der Waals surface area contributed by atoms with E-state index in [1.54, 1.807) is 16.8 Å². The first kappa shape index (κ1) is 38.8. The maximum Gasteiger partial charge on any atom is 0.275 e. The van der Waals surface area contributed by atoms with Gasteiger partial charge < -0.3 is 0 Å². The number of benzene rings is 3. The Morgan fingerprint density at radius 1 is 0.717 bits per heavy atom. The minimum Gasteiger partial charge on any atom is -0.294 e. The second-order valence-electron chi connectivity index (χ2n) is 16.4. The molecule has 4 atom stereocenters. The fourth-order valence-electron chi connectivity index (χ4n) is 10.2. The van der Waals surface area contributed by atoms with E-state index in [4.69, 9.17) is 23.2 Å². The molecule has 0 amide bonds. The molecule has 4 aliphatic carbocycles. The third-order valence-corrected chi connectivity index (χ3v) is 14.4. The number of aromatic amines is 1. The average molecular weight is 764 g/mol. The van der Waals surface area contributed by atoms with Gasteiger partial charge in [-0.1, -0.05) is 110 Å². The third kappa shape index (κ3) is 5.21. The predicted octanol–water partition coefficient (Wildman–Crippen LogP) is 11.1. The van der Waals surface area contributed by atoms with Crippen molar-refractivity contribution in [1.82, 2.24) is 19.1 Å². The molecule has 1 N–H and O–H groups in total. The standard InChI is InChI=1S/C24H24ClFN2O.C17H18ClFN2O.2CH4/c1-23(2)17-11-12-24(23,3)21-20(17)22(29)28(19-10-9-16(26)13-18(19)25)27(21)14-15-7-5-4-6-8-15;1-16(2)10-6-7-17(16,3)14-13(10)15(22)21(20-14)12-5-4-9(19)8-11(12)18;;/h4-10,13,17H,11-12,14H2,1-3H3;4-5,8,10,20H,6-7H2,1-3H3;2*1H4/t17-,24+;10-,17+;;/m00../s1. The zero-order valence-corrected chi connectivity index (χ0v) is 31.2. The van der Waals surface area contributed by atoms with Gasteiger partial charge in [-0.2, -0.15) is 0 Å². The summed E-state index contributed by atoms with van der Waals surface area (Å²) in [7, 11) is 0. The molecule has 2 fully saturated rings. The fourth-order valence-corrected chi connectivity index (χ4v) is 10.7. The molecule has 2 heterocycles. The first-order chi connectivity index (χ1) is 24.0. The summed E-state index contributed by atoms with van der Waals surface area (Å²) < 4.78 is 32.2. The van der Waals surface area contributed by atoms with Crippen LogP contribution in [0.15, 0.2) is 76.3 Å². The SMILES string of the molecule is C.C.CC1(C)[C@H]2CC[C@]1(C)c1[nH]n(-c3ccc(F)cc3Cl)c(=O)c12.CC1(C)[C@H]2CC[C@]1(C)c1c2c(=O)n(-c2ccc(F)cc2Cl)n1Cc1ccccc1. The Bertz CT molecular complexity index is 2350. The summed E-state index contributed by atoms with van der Waals surface area (Å²) in [6.45, 7) is 14.1. The highest BCUT2D eigenvalue weighted by Gasteiger charge is 2.63. The van der Waals surface area contributed by atoms with Gasteiger partial charge in [-0.25, -0.2) is 18.1 Å². The van der Waals surface area contributed by atoms with E-state index in [1.165, 1.54) is 28.9 Å². The second kappa shape index (κ2) is 12.9. The molecule has 10 heteroatoms. The third-order valence-electron chi connectivity index (χ3n) is 13.8. The van der Waals surface area contributed by atoms with Crippen LogP contribution in [0.3, 0.4) is 0 Å². The molecule has 0 radical (unpaired) electrons. The molecule has 5 aromatic rings. The molecule has 3 aromatic carbocycles. The summed E-state index contributed by atoms with van der Waals surface area (Å²) in [6, 6.07) is 18.4. The molecule has 282 valence electrons. The van der Waals surface area contributed by atoms with Crippen LogP contribution in [0.5, 0.6) is 0 Å². The van der Waals surface area contributed by atoms with Crippen molar-refractivity contribution in [2.75, 3.05) is 0 Å². The molecule has 0 spiro atoms. The second-order valence-corrected chi connectivity index (χ2v) is 17.3. The van der Waals surface area contributed by atoms with Crippen molar-refractivity contribution in [2.45, 2.75) is 111 Å². The summed E-state index contributed by atoms with van der Waals surface area (Å²) in [4.78, 5) is 26.6. The Morgan fingerprint density at radius 2 is 1.25 bits per heavy atom. The van der Waals surface area contributed by atoms with Crippen molar-refractivity contribution in [3.8, 4) is 11.4 Å². The molecular formula is C43H50Cl2F2N4O2. The summed E-state index contributed by atoms with van der Waals surface area (Å²) in [5, 5.41) is 3.74. The Balaban J connectivity index is 0.000000181. The molecule has 2 aromatic heterocycles. The molecule has 0 unspecified atom stereocenters. The van der Waals surface area contributed by atoms with Crippen LogP contribution in [0.2, 0.25) is 10.0 Å². The average Bonchev–Trinajstić information content (AvgIpc) is 3.79. The number of hydrogen-bond donors (Lipinski definition) is 1. The largest absolute Gasteiger partial charge is 0.294 e. The van der Waals surface area contributed by atoms with Gasteiger partial charge in [0, 0.05) is 27.7 Å². The van der Waals surface area contributed by atoms with Crippen LogP contribution in [0, 0.1) is 22.5 Å². The molecule has 0 aliphatic heterocycles. The van der Waals surface area contributed by atoms with E-state index < -0.39 is 11.6 Å². The van der Waals surface area contributed by atoms with Crippen molar-refractivity contribution in [2.24, 2.45) is 10.8 Å². The zero-order chi connectivity index (χ0) is 36.4. The number of aromatic nitrogens is 4. The van der Waals surface area contributed by atoms with Crippen LogP contribution in [0.1, 0.15) is 122 Å². The first-order valence-corrected chi connectivity index (χ1v) is 18.4. The Morgan fingerprint density at radius 3 is 1.81 bits per heavy atom. The van der Waals surface area contributed by atoms with Gasteiger partial charge in [-0.05, 0) is 90.3 Å². The lowest BCUT2D eigenvalue weighted by Crippen LogP contribution is -2.36. The number of H-pyrrole nitrogens is 1. The van der Waals surface area contributed by atoms with Gasteiger partial charge in [0.15, 0.2) is 0 Å². The molecular weight excluding hydrogens is 713 g/mol. The fraction of sp³-hybridized carbons (Fsp3) is 0.442. The van der Waals surface area contributed by atoms with E-state index in [9.17, 15) is 18.4 Å². The van der Waals surface area contributed by atoms with Crippen LogP contribution < -0.4 is 11.1 Å². The molecule has 53 heavy (non-hydrogen) atoms. The minimum absolute atomic E-state index is 0. The topological polar surface area (TPSA) is 64.7 Å². The van der Waals surface area contributed by atoms with E-state index in [2.05, 4.69) is 63.5 Å². The lowest BCUT2D eigenvalue weighted by molar-refractivity contribution is 0.216. The highest BCUT2D eigenvalue weighted by Crippen LogP contribution is 2.68. The smallest absolute Gasteiger partial charge is 0.275 e. The monoisotopic (exact) mass is 762 g/mol. The van der Waals surface area contributed by atoms with Gasteiger partial charge in [-0.15, -0.1) is 0 Å². The number of halogens is 4. The van der Waals surface area contributed by atoms with Crippen molar-refractivity contribution in [3.05, 3.63) is 137 Å². The maximum atomic E-state index is 13.7. The van der Waals surface area contributed by atoms with E-state index in [0.717, 1.165) is 53.8 Å². The molecule has 6 nitrogen and oxygen atoms in total. The Kier molecular flexibility index (Phi) is 9.43. The molecule has 4 aliphatic rings. The highest BCUT2D eigenvalue weighted by atomic mass is 35.5. The molecule has 4 bridgehead atoms. The molecule has 2 saturated carbocycles. The van der Waals surface area contributed by atoms with E-state index in [0.29, 0.717) is 17.9 Å². The number of nitrogens with zero attached hydrogens (tertiary/aromatic N) is 3. The van der Waals surface area contributed by atoms with Crippen LogP contribution in [-0.4, -0.2) is 19.1 Å². The highest BCUT2D eigenvalue weighted by molar-refractivity contribution is 6.32. The van der Waals surface area contributed by atoms with Crippen molar-refractivity contribution >= 4 is 23.2 Å². The van der Waals surface area contributed by atoms with Crippen molar-refractivity contribution in [1.29, 1.82) is 0 Å². The van der Waals surface area contributed by atoms with Gasteiger partial charge in [-0.3, -0.25) is 19.4 Å². The summed E-state index contributed by atoms with van der Waals surface area (Å²) in [6.07, 6.45) is 4.21.